The Kier molecular flexibility index (Phi) is 2.96. The summed E-state index contributed by atoms with van der Waals surface area (Å²) in [4.78, 5) is 0. The van der Waals surface area contributed by atoms with E-state index in [9.17, 15) is 0 Å². The second kappa shape index (κ2) is 3.01. The third-order valence-corrected chi connectivity index (χ3v) is 4.23. The second-order valence-corrected chi connectivity index (χ2v) is 5.30. The molecular weight excluding hydrogens is 116 g/mol. The lowest BCUT2D eigenvalue weighted by molar-refractivity contribution is 1.46. The molecular formula is C7H14S. The van der Waals surface area contributed by atoms with Gasteiger partial charge in [-0.05, 0) is 11.5 Å². The predicted molar refractivity (Wildman–Crippen MR) is 46.4 cm³/mol. The Morgan fingerprint density at radius 2 is 1.75 bits per heavy atom. The van der Waals surface area contributed by atoms with Crippen LogP contribution in [0.15, 0.2) is 6.58 Å². The van der Waals surface area contributed by atoms with Gasteiger partial charge in [-0.25, -0.2) is 0 Å². The molecule has 0 rings (SSSR count). The maximum Gasteiger partial charge on any atom is -0.0129 e. The molecule has 0 bridgehead atoms. The van der Waals surface area contributed by atoms with Crippen LogP contribution >= 0.6 is 9.21 Å². The van der Waals surface area contributed by atoms with E-state index < -0.39 is 9.21 Å². The first-order chi connectivity index (χ1) is 3.68. The predicted octanol–water partition coefficient (Wildman–Crippen LogP) is 1.85. The Morgan fingerprint density at radius 1 is 1.38 bits per heavy atom. The van der Waals surface area contributed by atoms with E-state index in [0.29, 0.717) is 0 Å². The van der Waals surface area contributed by atoms with E-state index in [1.54, 1.807) is 0 Å². The molecule has 0 spiro atoms. The van der Waals surface area contributed by atoms with Gasteiger partial charge in [-0.1, -0.05) is 26.3 Å². The Bertz CT molecular complexity index is 167. The van der Waals surface area contributed by atoms with Crippen molar-refractivity contribution < 1.29 is 0 Å². The molecule has 0 fully saturated rings. The van der Waals surface area contributed by atoms with Gasteiger partial charge in [-0.3, -0.25) is 0 Å². The quantitative estimate of drug-likeness (QED) is 0.500. The lowest BCUT2D eigenvalue weighted by atomic mass is 11.0. The van der Waals surface area contributed by atoms with Gasteiger partial charge >= 0.3 is 0 Å². The van der Waals surface area contributed by atoms with Crippen molar-refractivity contribution in [3.63, 3.8) is 0 Å². The van der Waals surface area contributed by atoms with Gasteiger partial charge in [0.2, 0.25) is 0 Å². The Labute approximate surface area is 52.7 Å². The molecule has 0 aliphatic rings. The summed E-state index contributed by atoms with van der Waals surface area (Å²) >= 11 is 0. The van der Waals surface area contributed by atoms with Gasteiger partial charge < -0.3 is 0 Å². The minimum Gasteiger partial charge on any atom is -0.172 e. The standard InChI is InChI=1S/C7H14S/c1-5-8(4,6-2)7-3/h1,4,6-7H2,2-3H3. The van der Waals surface area contributed by atoms with Crippen LogP contribution in [0.25, 0.3) is 0 Å². The normalized spacial score (nSPS) is 10.8. The Balaban J connectivity index is 4.52. The molecule has 0 heterocycles. The van der Waals surface area contributed by atoms with E-state index in [0.717, 1.165) is 11.5 Å². The maximum atomic E-state index is 4.03. The van der Waals surface area contributed by atoms with Crippen LogP contribution in [0.2, 0.25) is 0 Å². The molecule has 0 unspecified atom stereocenters. The maximum absolute atomic E-state index is 4.03. The van der Waals surface area contributed by atoms with Crippen molar-refractivity contribution in [2.75, 3.05) is 11.5 Å². The lowest BCUT2D eigenvalue weighted by Crippen LogP contribution is -1.83. The summed E-state index contributed by atoms with van der Waals surface area (Å²) < 4.78 is 0. The van der Waals surface area contributed by atoms with Gasteiger partial charge in [0.25, 0.3) is 0 Å². The van der Waals surface area contributed by atoms with Crippen molar-refractivity contribution in [2.45, 2.75) is 13.8 Å². The highest BCUT2D eigenvalue weighted by molar-refractivity contribution is 8.28. The highest BCUT2D eigenvalue weighted by atomic mass is 32.2. The Hall–Kier alpha value is -0.130. The zero-order valence-corrected chi connectivity index (χ0v) is 6.55. The van der Waals surface area contributed by atoms with Gasteiger partial charge in [0.05, 0.1) is 0 Å². The third kappa shape index (κ3) is 1.77. The third-order valence-electron chi connectivity index (χ3n) is 1.41. The van der Waals surface area contributed by atoms with Crippen molar-refractivity contribution in [3.8, 4) is 0 Å². The zero-order chi connectivity index (χ0) is 6.62. The smallest absolute Gasteiger partial charge is 0.0129 e. The zero-order valence-electron chi connectivity index (χ0n) is 5.74. The van der Waals surface area contributed by atoms with E-state index in [1.165, 1.54) is 0 Å². The highest BCUT2D eigenvalue weighted by Gasteiger charge is 1.86. The van der Waals surface area contributed by atoms with Crippen LogP contribution in [0, 0.1) is 0 Å². The van der Waals surface area contributed by atoms with Crippen LogP contribution in [0.4, 0.5) is 0 Å². The summed E-state index contributed by atoms with van der Waals surface area (Å²) in [7, 11) is -0.764. The summed E-state index contributed by atoms with van der Waals surface area (Å²) in [5.74, 6) is 6.27. The second-order valence-electron chi connectivity index (χ2n) is 1.77. The topological polar surface area (TPSA) is 0 Å². The summed E-state index contributed by atoms with van der Waals surface area (Å²) in [6.07, 6.45) is 0. The molecule has 0 aromatic heterocycles. The average Bonchev–Trinajstić information content (AvgIpc) is 1.87. The molecule has 0 radical (unpaired) electrons. The Morgan fingerprint density at radius 3 is 1.75 bits per heavy atom. The van der Waals surface area contributed by atoms with E-state index in [4.69, 9.17) is 0 Å². The molecule has 0 N–H and O–H groups in total. The number of hydrogen-bond donors (Lipinski definition) is 0. The average molecular weight is 130 g/mol. The summed E-state index contributed by atoms with van der Waals surface area (Å²) in [5.41, 5.74) is 0. The van der Waals surface area contributed by atoms with E-state index in [-0.39, 0.29) is 0 Å². The molecule has 0 aliphatic carbocycles. The van der Waals surface area contributed by atoms with Gasteiger partial charge in [0, 0.05) is 0 Å². The van der Waals surface area contributed by atoms with Crippen LogP contribution in [-0.4, -0.2) is 22.4 Å². The molecule has 0 saturated heterocycles. The molecule has 48 valence electrons. The summed E-state index contributed by atoms with van der Waals surface area (Å²) in [6, 6.07) is 0. The van der Waals surface area contributed by atoms with Gasteiger partial charge in [0.15, 0.2) is 0 Å². The minimum absolute atomic E-state index is 0.764. The van der Waals surface area contributed by atoms with Crippen molar-refractivity contribution in [2.24, 2.45) is 0 Å². The molecule has 0 aliphatic heterocycles. The monoisotopic (exact) mass is 130 g/mol. The molecule has 0 nitrogen and oxygen atoms in total. The summed E-state index contributed by atoms with van der Waals surface area (Å²) in [6.45, 7) is 7.91. The largest absolute Gasteiger partial charge is 0.172 e. The lowest BCUT2D eigenvalue weighted by Gasteiger charge is -2.04. The van der Waals surface area contributed by atoms with Crippen molar-refractivity contribution >= 4 is 20.1 Å². The molecule has 0 amide bonds. The fourth-order valence-electron chi connectivity index (χ4n) is 0.408. The van der Waals surface area contributed by atoms with Crippen LogP contribution < -0.4 is 0 Å². The van der Waals surface area contributed by atoms with E-state index in [2.05, 4.69) is 31.3 Å². The van der Waals surface area contributed by atoms with Gasteiger partial charge in [0.1, 0.15) is 0 Å². The van der Waals surface area contributed by atoms with E-state index >= 15 is 0 Å². The molecule has 0 aromatic carbocycles. The number of rotatable bonds is 2. The first kappa shape index (κ1) is 7.87. The fourth-order valence-corrected chi connectivity index (χ4v) is 1.22. The van der Waals surface area contributed by atoms with Gasteiger partial charge in [-0.2, -0.15) is 9.21 Å². The number of hydrogen-bond acceptors (Lipinski definition) is 0. The van der Waals surface area contributed by atoms with Crippen molar-refractivity contribution in [3.05, 3.63) is 6.58 Å². The first-order valence-corrected chi connectivity index (χ1v) is 4.98. The van der Waals surface area contributed by atoms with Crippen LogP contribution in [-0.2, 0) is 0 Å². The van der Waals surface area contributed by atoms with Crippen LogP contribution in [0.5, 0.6) is 0 Å². The van der Waals surface area contributed by atoms with Gasteiger partial charge in [-0.15, -0.1) is 5.02 Å². The van der Waals surface area contributed by atoms with Crippen molar-refractivity contribution in [1.82, 2.24) is 0 Å². The summed E-state index contributed by atoms with van der Waals surface area (Å²) in [5, 5.41) is 3.00. The minimum atomic E-state index is -0.764. The molecule has 1 heteroatoms. The molecule has 0 aromatic rings. The molecule has 0 saturated carbocycles. The molecule has 0 atom stereocenters. The highest BCUT2D eigenvalue weighted by Crippen LogP contribution is 2.16. The first-order valence-electron chi connectivity index (χ1n) is 2.84. The molecule has 8 heavy (non-hydrogen) atoms. The van der Waals surface area contributed by atoms with Crippen LogP contribution in [0.3, 0.4) is 0 Å². The van der Waals surface area contributed by atoms with Crippen molar-refractivity contribution in [1.29, 1.82) is 0 Å². The fraction of sp³-hybridized carbons (Fsp3) is 0.571. The van der Waals surface area contributed by atoms with Crippen LogP contribution in [0.1, 0.15) is 13.8 Å². The van der Waals surface area contributed by atoms with E-state index in [1.807, 2.05) is 0 Å². The SMILES string of the molecule is C=C=S(=C)(CC)CC.